The third kappa shape index (κ3) is 3.79. The number of halogens is 2. The molecule has 0 saturated heterocycles. The minimum absolute atomic E-state index is 0.0328. The third-order valence-electron chi connectivity index (χ3n) is 2.53. The van der Waals surface area contributed by atoms with Crippen molar-refractivity contribution in [2.45, 2.75) is 10.8 Å². The standard InChI is InChI=1S/C13H11Cl2N3OS/c14-10-3-4-12(17-6-10)20-7-9-2-1-8(5-11(9)15)13(16)18-19/h1-6,19H,7H2,(H2,16,18). The number of nitrogens with two attached hydrogens (primary N) is 1. The van der Waals surface area contributed by atoms with Crippen molar-refractivity contribution in [2.24, 2.45) is 10.9 Å². The molecule has 0 fully saturated rings. The zero-order valence-corrected chi connectivity index (χ0v) is 12.6. The van der Waals surface area contributed by atoms with E-state index in [2.05, 4.69) is 10.1 Å². The van der Waals surface area contributed by atoms with Gasteiger partial charge in [-0.15, -0.1) is 11.8 Å². The van der Waals surface area contributed by atoms with Gasteiger partial charge in [0.2, 0.25) is 0 Å². The second-order valence-corrected chi connectivity index (χ2v) is 5.73. The summed E-state index contributed by atoms with van der Waals surface area (Å²) >= 11 is 13.5. The maximum absolute atomic E-state index is 8.62. The number of benzene rings is 1. The first-order valence-electron chi connectivity index (χ1n) is 5.61. The summed E-state index contributed by atoms with van der Waals surface area (Å²) < 4.78 is 0. The summed E-state index contributed by atoms with van der Waals surface area (Å²) in [6, 6.07) is 8.91. The van der Waals surface area contributed by atoms with Crippen LogP contribution in [0.3, 0.4) is 0 Å². The van der Waals surface area contributed by atoms with E-state index in [9.17, 15) is 0 Å². The first-order chi connectivity index (χ1) is 9.60. The third-order valence-corrected chi connectivity index (χ3v) is 4.10. The summed E-state index contributed by atoms with van der Waals surface area (Å²) in [6.07, 6.45) is 1.60. The van der Waals surface area contributed by atoms with E-state index in [0.29, 0.717) is 21.4 Å². The van der Waals surface area contributed by atoms with E-state index in [1.54, 1.807) is 36.2 Å². The van der Waals surface area contributed by atoms with E-state index < -0.39 is 0 Å². The Kier molecular flexibility index (Phi) is 5.11. The summed E-state index contributed by atoms with van der Waals surface area (Å²) in [6.45, 7) is 0. The minimum atomic E-state index is 0.0328. The molecule has 2 aromatic rings. The van der Waals surface area contributed by atoms with Gasteiger partial charge in [0.25, 0.3) is 0 Å². The van der Waals surface area contributed by atoms with E-state index in [1.165, 1.54) is 0 Å². The van der Waals surface area contributed by atoms with Gasteiger partial charge >= 0.3 is 0 Å². The fourth-order valence-electron chi connectivity index (χ4n) is 1.48. The van der Waals surface area contributed by atoms with E-state index in [-0.39, 0.29) is 5.84 Å². The summed E-state index contributed by atoms with van der Waals surface area (Å²) in [5.74, 6) is 0.703. The molecule has 20 heavy (non-hydrogen) atoms. The Morgan fingerprint density at radius 1 is 1.30 bits per heavy atom. The molecule has 7 heteroatoms. The molecule has 1 heterocycles. The molecule has 104 valence electrons. The zero-order chi connectivity index (χ0) is 14.5. The van der Waals surface area contributed by atoms with E-state index in [4.69, 9.17) is 34.1 Å². The molecular formula is C13H11Cl2N3OS. The van der Waals surface area contributed by atoms with Crippen molar-refractivity contribution in [1.82, 2.24) is 4.98 Å². The lowest BCUT2D eigenvalue weighted by atomic mass is 10.1. The van der Waals surface area contributed by atoms with Gasteiger partial charge in [-0.05, 0) is 23.8 Å². The molecule has 4 nitrogen and oxygen atoms in total. The predicted octanol–water partition coefficient (Wildman–Crippen LogP) is 3.78. The van der Waals surface area contributed by atoms with Crippen LogP contribution in [0.2, 0.25) is 10.0 Å². The van der Waals surface area contributed by atoms with Crippen LogP contribution in [0.4, 0.5) is 0 Å². The highest BCUT2D eigenvalue weighted by Crippen LogP contribution is 2.26. The average molecular weight is 328 g/mol. The predicted molar refractivity (Wildman–Crippen MR) is 82.8 cm³/mol. The highest BCUT2D eigenvalue weighted by molar-refractivity contribution is 7.98. The first kappa shape index (κ1) is 15.0. The van der Waals surface area contributed by atoms with Crippen LogP contribution in [0.5, 0.6) is 0 Å². The summed E-state index contributed by atoms with van der Waals surface area (Å²) in [7, 11) is 0. The summed E-state index contributed by atoms with van der Waals surface area (Å²) in [5.41, 5.74) is 7.03. The number of amidine groups is 1. The average Bonchev–Trinajstić information content (AvgIpc) is 2.46. The lowest BCUT2D eigenvalue weighted by Crippen LogP contribution is -2.12. The number of hydrogen-bond acceptors (Lipinski definition) is 4. The molecule has 0 saturated carbocycles. The number of thioether (sulfide) groups is 1. The van der Waals surface area contributed by atoms with Crippen molar-refractivity contribution in [3.63, 3.8) is 0 Å². The Morgan fingerprint density at radius 2 is 2.10 bits per heavy atom. The van der Waals surface area contributed by atoms with Crippen LogP contribution in [-0.4, -0.2) is 16.0 Å². The van der Waals surface area contributed by atoms with Gasteiger partial charge in [0.05, 0.1) is 10.0 Å². The second kappa shape index (κ2) is 6.83. The summed E-state index contributed by atoms with van der Waals surface area (Å²) in [5, 5.41) is 13.6. The van der Waals surface area contributed by atoms with Crippen LogP contribution in [0.15, 0.2) is 46.7 Å². The van der Waals surface area contributed by atoms with Crippen molar-refractivity contribution in [3.8, 4) is 0 Å². The van der Waals surface area contributed by atoms with Crippen LogP contribution < -0.4 is 5.73 Å². The smallest absolute Gasteiger partial charge is 0.170 e. The molecule has 2 rings (SSSR count). The number of rotatable bonds is 4. The van der Waals surface area contributed by atoms with Gasteiger partial charge in [0, 0.05) is 22.5 Å². The van der Waals surface area contributed by atoms with Crippen molar-refractivity contribution in [2.75, 3.05) is 0 Å². The molecule has 1 aromatic heterocycles. The molecule has 0 spiro atoms. The number of pyridine rings is 1. The fourth-order valence-corrected chi connectivity index (χ4v) is 2.77. The number of aromatic nitrogens is 1. The van der Waals surface area contributed by atoms with E-state index in [0.717, 1.165) is 10.6 Å². The zero-order valence-electron chi connectivity index (χ0n) is 10.3. The van der Waals surface area contributed by atoms with Gasteiger partial charge in [-0.1, -0.05) is 40.5 Å². The summed E-state index contributed by atoms with van der Waals surface area (Å²) in [4.78, 5) is 4.20. The molecule has 0 amide bonds. The van der Waals surface area contributed by atoms with Gasteiger partial charge in [0.15, 0.2) is 5.84 Å². The molecule has 0 aliphatic heterocycles. The molecule has 0 aliphatic carbocycles. The Labute approximate surface area is 130 Å². The number of oxime groups is 1. The second-order valence-electron chi connectivity index (χ2n) is 3.89. The molecule has 0 bridgehead atoms. The number of hydrogen-bond donors (Lipinski definition) is 2. The van der Waals surface area contributed by atoms with Crippen molar-refractivity contribution in [1.29, 1.82) is 0 Å². The normalized spacial score (nSPS) is 11.6. The van der Waals surface area contributed by atoms with Crippen LogP contribution >= 0.6 is 35.0 Å². The topological polar surface area (TPSA) is 71.5 Å². The molecule has 0 atom stereocenters. The van der Waals surface area contributed by atoms with Gasteiger partial charge < -0.3 is 10.9 Å². The quantitative estimate of drug-likeness (QED) is 0.295. The first-order valence-corrected chi connectivity index (χ1v) is 7.35. The molecule has 0 radical (unpaired) electrons. The fraction of sp³-hybridized carbons (Fsp3) is 0.0769. The lowest BCUT2D eigenvalue weighted by molar-refractivity contribution is 0.318. The molecule has 0 aliphatic rings. The molecule has 3 N–H and O–H groups in total. The Bertz CT molecular complexity index is 632. The lowest BCUT2D eigenvalue weighted by Gasteiger charge is -2.06. The van der Waals surface area contributed by atoms with Crippen molar-refractivity contribution >= 4 is 40.8 Å². The van der Waals surface area contributed by atoms with Gasteiger partial charge in [-0.2, -0.15) is 0 Å². The van der Waals surface area contributed by atoms with Gasteiger partial charge in [-0.3, -0.25) is 0 Å². The SMILES string of the molecule is N/C(=N/O)c1ccc(CSc2ccc(Cl)cn2)c(Cl)c1. The van der Waals surface area contributed by atoms with E-state index in [1.807, 2.05) is 12.1 Å². The molecule has 0 unspecified atom stereocenters. The van der Waals surface area contributed by atoms with Crippen molar-refractivity contribution < 1.29 is 5.21 Å². The monoisotopic (exact) mass is 327 g/mol. The largest absolute Gasteiger partial charge is 0.409 e. The van der Waals surface area contributed by atoms with Crippen LogP contribution in [0, 0.1) is 0 Å². The van der Waals surface area contributed by atoms with Crippen LogP contribution in [-0.2, 0) is 5.75 Å². The van der Waals surface area contributed by atoms with Crippen LogP contribution in [0.1, 0.15) is 11.1 Å². The minimum Gasteiger partial charge on any atom is -0.409 e. The Balaban J connectivity index is 2.08. The molecule has 1 aromatic carbocycles. The molecular weight excluding hydrogens is 317 g/mol. The maximum Gasteiger partial charge on any atom is 0.170 e. The van der Waals surface area contributed by atoms with Crippen molar-refractivity contribution in [3.05, 3.63) is 57.7 Å². The van der Waals surface area contributed by atoms with Crippen LogP contribution in [0.25, 0.3) is 0 Å². The Morgan fingerprint density at radius 3 is 2.70 bits per heavy atom. The highest BCUT2D eigenvalue weighted by Gasteiger charge is 2.06. The van der Waals surface area contributed by atoms with E-state index >= 15 is 0 Å². The number of nitrogens with zero attached hydrogens (tertiary/aromatic N) is 2. The van der Waals surface area contributed by atoms with Gasteiger partial charge in [0.1, 0.15) is 0 Å². The van der Waals surface area contributed by atoms with Gasteiger partial charge in [-0.25, -0.2) is 4.98 Å². The highest BCUT2D eigenvalue weighted by atomic mass is 35.5. The Hall–Kier alpha value is -1.43. The maximum atomic E-state index is 8.62.